The second kappa shape index (κ2) is 6.96. The van der Waals surface area contributed by atoms with Crippen molar-refractivity contribution in [3.8, 4) is 11.5 Å². The van der Waals surface area contributed by atoms with Gasteiger partial charge in [-0.15, -0.1) is 0 Å². The van der Waals surface area contributed by atoms with E-state index in [0.29, 0.717) is 37.4 Å². The van der Waals surface area contributed by atoms with Crippen LogP contribution in [0.5, 0.6) is 11.5 Å². The molecule has 5 aliphatic rings. The van der Waals surface area contributed by atoms with Gasteiger partial charge in [-0.3, -0.25) is 14.5 Å². The molecule has 1 aromatic rings. The smallest absolute Gasteiger partial charge is 0.306 e. The minimum Gasteiger partial charge on any atom is -0.504 e. The second-order valence-electron chi connectivity index (χ2n) is 11.1. The third-order valence-corrected chi connectivity index (χ3v) is 8.74. The number of nitrogens with zero attached hydrogens (tertiary/aromatic N) is 1. The molecule has 0 amide bonds. The van der Waals surface area contributed by atoms with E-state index in [0.717, 1.165) is 43.0 Å². The molecule has 2 saturated carbocycles. The third-order valence-electron chi connectivity index (χ3n) is 8.74. The van der Waals surface area contributed by atoms with Gasteiger partial charge in [0.1, 0.15) is 5.60 Å². The highest BCUT2D eigenvalue weighted by Gasteiger charge is 2.75. The number of benzene rings is 1. The van der Waals surface area contributed by atoms with E-state index in [-0.39, 0.29) is 23.5 Å². The normalized spacial score (nSPS) is 34.9. The lowest BCUT2D eigenvalue weighted by Crippen LogP contribution is -2.77. The zero-order valence-electron chi connectivity index (χ0n) is 19.1. The molecule has 1 spiro atoms. The molecule has 2 heterocycles. The number of piperidine rings is 1. The number of carbonyl (C=O) groups excluding carboxylic acids is 2. The Morgan fingerprint density at radius 1 is 1.31 bits per heavy atom. The van der Waals surface area contributed by atoms with Crippen LogP contribution in [-0.2, 0) is 26.2 Å². The van der Waals surface area contributed by atoms with Crippen LogP contribution in [0.4, 0.5) is 0 Å². The SMILES string of the molecule is CC(C)CCC(=O)O[C@@]12CCC(=O)[C@@H]3Oc4c(O)ccc5c4[C@@]31CCN(CC1CC1)C2C5. The average molecular weight is 440 g/mol. The summed E-state index contributed by atoms with van der Waals surface area (Å²) in [4.78, 5) is 28.9. The molecule has 1 aromatic carbocycles. The van der Waals surface area contributed by atoms with Crippen molar-refractivity contribution in [1.29, 1.82) is 0 Å². The van der Waals surface area contributed by atoms with Crippen LogP contribution >= 0.6 is 0 Å². The van der Waals surface area contributed by atoms with Gasteiger partial charge in [-0.2, -0.15) is 0 Å². The number of esters is 1. The third kappa shape index (κ3) is 2.68. The van der Waals surface area contributed by atoms with Crippen LogP contribution in [0.3, 0.4) is 0 Å². The zero-order valence-corrected chi connectivity index (χ0v) is 19.1. The van der Waals surface area contributed by atoms with Crippen LogP contribution in [-0.4, -0.2) is 52.6 Å². The van der Waals surface area contributed by atoms with Crippen LogP contribution in [0.2, 0.25) is 0 Å². The number of ketones is 1. The molecule has 172 valence electrons. The topological polar surface area (TPSA) is 76.1 Å². The van der Waals surface area contributed by atoms with E-state index >= 15 is 0 Å². The first-order valence-corrected chi connectivity index (χ1v) is 12.4. The summed E-state index contributed by atoms with van der Waals surface area (Å²) in [6.07, 6.45) is 5.42. The van der Waals surface area contributed by atoms with E-state index in [1.807, 2.05) is 6.07 Å². The van der Waals surface area contributed by atoms with E-state index in [9.17, 15) is 14.7 Å². The molecule has 0 radical (unpaired) electrons. The maximum absolute atomic E-state index is 13.2. The summed E-state index contributed by atoms with van der Waals surface area (Å²) < 4.78 is 12.8. The van der Waals surface area contributed by atoms with Crippen molar-refractivity contribution in [2.75, 3.05) is 13.1 Å². The minimum atomic E-state index is -0.779. The average Bonchev–Trinajstić information content (AvgIpc) is 3.49. The van der Waals surface area contributed by atoms with E-state index in [4.69, 9.17) is 9.47 Å². The monoisotopic (exact) mass is 439 g/mol. The molecule has 1 unspecified atom stereocenters. The lowest BCUT2D eigenvalue weighted by atomic mass is 9.48. The summed E-state index contributed by atoms with van der Waals surface area (Å²) in [5.41, 5.74) is 0.602. The standard InChI is InChI=1S/C26H33NO5/c1-15(2)3-8-21(30)32-26-10-9-19(29)24-25(26)11-12-27(14-16-4-5-16)20(26)13-17-6-7-18(28)23(31-24)22(17)25/h6-7,15-16,20,24,28H,3-5,8-14H2,1-2H3/t20?,24-,25-,26+/m0/s1. The molecule has 6 heteroatoms. The van der Waals surface area contributed by atoms with Gasteiger partial charge in [-0.25, -0.2) is 0 Å². The number of carbonyl (C=O) groups is 2. The number of likely N-dealkylation sites (tertiary alicyclic amines) is 1. The quantitative estimate of drug-likeness (QED) is 0.684. The first kappa shape index (κ1) is 20.5. The number of Topliss-reactive ketones (excluding diaryl/α,β-unsaturated/α-hetero) is 1. The number of rotatable bonds is 6. The summed E-state index contributed by atoms with van der Waals surface area (Å²) in [7, 11) is 0. The summed E-state index contributed by atoms with van der Waals surface area (Å²) >= 11 is 0. The van der Waals surface area contributed by atoms with Gasteiger partial charge in [0.2, 0.25) is 0 Å². The zero-order chi connectivity index (χ0) is 22.3. The van der Waals surface area contributed by atoms with Gasteiger partial charge in [0.05, 0.1) is 11.5 Å². The Hall–Kier alpha value is -2.08. The van der Waals surface area contributed by atoms with Crippen molar-refractivity contribution in [2.45, 2.75) is 88.4 Å². The number of aromatic hydroxyl groups is 1. The van der Waals surface area contributed by atoms with E-state index in [2.05, 4.69) is 18.7 Å². The van der Waals surface area contributed by atoms with Crippen LogP contribution < -0.4 is 4.74 Å². The number of hydrogen-bond donors (Lipinski definition) is 1. The van der Waals surface area contributed by atoms with Crippen molar-refractivity contribution in [3.63, 3.8) is 0 Å². The first-order valence-electron chi connectivity index (χ1n) is 12.4. The van der Waals surface area contributed by atoms with Crippen molar-refractivity contribution in [1.82, 2.24) is 4.90 Å². The second-order valence-corrected chi connectivity index (χ2v) is 11.1. The molecule has 0 aromatic heterocycles. The van der Waals surface area contributed by atoms with Crippen LogP contribution in [0.1, 0.15) is 69.9 Å². The lowest BCUT2D eigenvalue weighted by Gasteiger charge is -2.63. The molecule has 1 N–H and O–H groups in total. The summed E-state index contributed by atoms with van der Waals surface area (Å²) in [6, 6.07) is 3.72. The van der Waals surface area contributed by atoms with Crippen molar-refractivity contribution >= 4 is 11.8 Å². The molecular formula is C26H33NO5. The Morgan fingerprint density at radius 3 is 2.88 bits per heavy atom. The van der Waals surface area contributed by atoms with Gasteiger partial charge in [0.25, 0.3) is 0 Å². The first-order chi connectivity index (χ1) is 15.4. The van der Waals surface area contributed by atoms with Gasteiger partial charge in [0, 0.05) is 24.9 Å². The fourth-order valence-electron chi connectivity index (χ4n) is 7.10. The molecule has 6 nitrogen and oxygen atoms in total. The van der Waals surface area contributed by atoms with Crippen molar-refractivity contribution in [2.24, 2.45) is 11.8 Å². The van der Waals surface area contributed by atoms with Crippen LogP contribution in [0.25, 0.3) is 0 Å². The molecule has 4 atom stereocenters. The van der Waals surface area contributed by atoms with Gasteiger partial charge >= 0.3 is 5.97 Å². The summed E-state index contributed by atoms with van der Waals surface area (Å²) in [5, 5.41) is 10.6. The highest BCUT2D eigenvalue weighted by Crippen LogP contribution is 2.66. The van der Waals surface area contributed by atoms with Gasteiger partial charge in [-0.05, 0) is 68.5 Å². The predicted molar refractivity (Wildman–Crippen MR) is 118 cm³/mol. The number of phenols is 1. The van der Waals surface area contributed by atoms with E-state index in [1.54, 1.807) is 6.07 Å². The molecule has 2 bridgehead atoms. The minimum absolute atomic E-state index is 0.0436. The van der Waals surface area contributed by atoms with Crippen molar-refractivity contribution in [3.05, 3.63) is 23.3 Å². The summed E-state index contributed by atoms with van der Waals surface area (Å²) in [6.45, 7) is 6.13. The molecule has 6 rings (SSSR count). The Balaban J connectivity index is 1.49. The predicted octanol–water partition coefficient (Wildman–Crippen LogP) is 3.51. The maximum Gasteiger partial charge on any atom is 0.306 e. The maximum atomic E-state index is 13.2. The fraction of sp³-hybridized carbons (Fsp3) is 0.692. The summed E-state index contributed by atoms with van der Waals surface area (Å²) in [5.74, 6) is 1.59. The Labute approximate surface area is 189 Å². The highest BCUT2D eigenvalue weighted by atomic mass is 16.6. The lowest BCUT2D eigenvalue weighted by molar-refractivity contribution is -0.216. The molecule has 1 saturated heterocycles. The largest absolute Gasteiger partial charge is 0.504 e. The van der Waals surface area contributed by atoms with E-state index in [1.165, 1.54) is 12.8 Å². The highest BCUT2D eigenvalue weighted by molar-refractivity contribution is 5.90. The molecule has 3 fully saturated rings. The fourth-order valence-corrected chi connectivity index (χ4v) is 7.10. The van der Waals surface area contributed by atoms with Crippen LogP contribution in [0.15, 0.2) is 12.1 Å². The number of phenolic OH excluding ortho intramolecular Hbond substituents is 1. The Kier molecular flexibility index (Phi) is 4.46. The van der Waals surface area contributed by atoms with Crippen molar-refractivity contribution < 1.29 is 24.2 Å². The Morgan fingerprint density at radius 2 is 2.12 bits per heavy atom. The number of hydrogen-bond acceptors (Lipinski definition) is 6. The van der Waals surface area contributed by atoms with Gasteiger partial charge in [0.15, 0.2) is 23.4 Å². The molecule has 3 aliphatic carbocycles. The van der Waals surface area contributed by atoms with Gasteiger partial charge < -0.3 is 14.6 Å². The van der Waals surface area contributed by atoms with E-state index < -0.39 is 17.1 Å². The molecular weight excluding hydrogens is 406 g/mol. The molecule has 32 heavy (non-hydrogen) atoms. The van der Waals surface area contributed by atoms with Gasteiger partial charge in [-0.1, -0.05) is 19.9 Å². The molecule has 2 aliphatic heterocycles. The van der Waals surface area contributed by atoms with Crippen LogP contribution in [0, 0.1) is 11.8 Å². The Bertz CT molecular complexity index is 985. The number of ether oxygens (including phenoxy) is 2.